The lowest BCUT2D eigenvalue weighted by Crippen LogP contribution is -2.60. The van der Waals surface area contributed by atoms with Crippen molar-refractivity contribution in [3.05, 3.63) is 0 Å². The molecule has 1 heterocycles. The Morgan fingerprint density at radius 3 is 2.22 bits per heavy atom. The standard InChI is InChI=1S/C16H34N2/c1-6-11-14(4)15(17-8-3)16(5,7-2)18-12-9-10-13-18/h14-15,17H,6-13H2,1-5H3. The topological polar surface area (TPSA) is 15.3 Å². The highest BCUT2D eigenvalue weighted by atomic mass is 15.2. The summed E-state index contributed by atoms with van der Waals surface area (Å²) >= 11 is 0. The normalized spacial score (nSPS) is 23.8. The first-order valence-corrected chi connectivity index (χ1v) is 8.08. The third-order valence-electron chi connectivity index (χ3n) is 4.95. The maximum atomic E-state index is 3.79. The number of likely N-dealkylation sites (N-methyl/N-ethyl adjacent to an activating group) is 1. The largest absolute Gasteiger partial charge is 0.312 e. The first kappa shape index (κ1) is 16.0. The van der Waals surface area contributed by atoms with Gasteiger partial charge >= 0.3 is 0 Å². The molecule has 2 nitrogen and oxygen atoms in total. The van der Waals surface area contributed by atoms with Crippen molar-refractivity contribution in [1.29, 1.82) is 0 Å². The molecule has 3 atom stereocenters. The number of hydrogen-bond acceptors (Lipinski definition) is 2. The average molecular weight is 254 g/mol. The zero-order chi connectivity index (χ0) is 13.6. The van der Waals surface area contributed by atoms with Gasteiger partial charge < -0.3 is 5.32 Å². The molecule has 0 amide bonds. The third-order valence-corrected chi connectivity index (χ3v) is 4.95. The van der Waals surface area contributed by atoms with Crippen molar-refractivity contribution in [3.8, 4) is 0 Å². The molecular weight excluding hydrogens is 220 g/mol. The van der Waals surface area contributed by atoms with E-state index in [1.165, 1.54) is 45.2 Å². The molecule has 0 aliphatic carbocycles. The lowest BCUT2D eigenvalue weighted by atomic mass is 9.78. The molecule has 1 aliphatic rings. The summed E-state index contributed by atoms with van der Waals surface area (Å²) in [5, 5.41) is 3.79. The van der Waals surface area contributed by atoms with Gasteiger partial charge in [-0.15, -0.1) is 0 Å². The Labute approximate surface area is 115 Å². The summed E-state index contributed by atoms with van der Waals surface area (Å²) in [6, 6.07) is 0.630. The third kappa shape index (κ3) is 3.48. The summed E-state index contributed by atoms with van der Waals surface area (Å²) in [6.45, 7) is 15.5. The van der Waals surface area contributed by atoms with Crippen molar-refractivity contribution in [1.82, 2.24) is 10.2 Å². The Morgan fingerprint density at radius 2 is 1.78 bits per heavy atom. The molecule has 18 heavy (non-hydrogen) atoms. The number of rotatable bonds is 8. The lowest BCUT2D eigenvalue weighted by molar-refractivity contribution is 0.0593. The SMILES string of the molecule is CCCC(C)C(NCC)C(C)(CC)N1CCCC1. The molecule has 1 fully saturated rings. The Kier molecular flexibility index (Phi) is 6.65. The first-order valence-electron chi connectivity index (χ1n) is 8.08. The maximum Gasteiger partial charge on any atom is 0.0334 e. The minimum Gasteiger partial charge on any atom is -0.312 e. The molecule has 1 rings (SSSR count). The quantitative estimate of drug-likeness (QED) is 0.711. The Hall–Kier alpha value is -0.0800. The van der Waals surface area contributed by atoms with Crippen molar-refractivity contribution < 1.29 is 0 Å². The Morgan fingerprint density at radius 1 is 1.17 bits per heavy atom. The van der Waals surface area contributed by atoms with E-state index in [2.05, 4.69) is 44.8 Å². The van der Waals surface area contributed by atoms with Gasteiger partial charge in [-0.3, -0.25) is 4.90 Å². The van der Waals surface area contributed by atoms with Crippen LogP contribution in [-0.2, 0) is 0 Å². The summed E-state index contributed by atoms with van der Waals surface area (Å²) in [7, 11) is 0. The monoisotopic (exact) mass is 254 g/mol. The minimum absolute atomic E-state index is 0.334. The molecular formula is C16H34N2. The van der Waals surface area contributed by atoms with E-state index in [9.17, 15) is 0 Å². The lowest BCUT2D eigenvalue weighted by Gasteiger charge is -2.47. The van der Waals surface area contributed by atoms with E-state index >= 15 is 0 Å². The molecule has 3 unspecified atom stereocenters. The van der Waals surface area contributed by atoms with Crippen molar-refractivity contribution in [2.24, 2.45) is 5.92 Å². The van der Waals surface area contributed by atoms with Crippen LogP contribution in [0.5, 0.6) is 0 Å². The zero-order valence-corrected chi connectivity index (χ0v) is 13.3. The van der Waals surface area contributed by atoms with Crippen molar-refractivity contribution >= 4 is 0 Å². The molecule has 2 heteroatoms. The second-order valence-electron chi connectivity index (χ2n) is 6.21. The molecule has 0 bridgehead atoms. The molecule has 108 valence electrons. The van der Waals surface area contributed by atoms with E-state index in [1.807, 2.05) is 0 Å². The highest BCUT2D eigenvalue weighted by Crippen LogP contribution is 2.32. The average Bonchev–Trinajstić information content (AvgIpc) is 2.89. The minimum atomic E-state index is 0.334. The number of likely N-dealkylation sites (tertiary alicyclic amines) is 1. The number of nitrogens with zero attached hydrogens (tertiary/aromatic N) is 1. The fraction of sp³-hybridized carbons (Fsp3) is 1.00. The smallest absolute Gasteiger partial charge is 0.0334 e. The van der Waals surface area contributed by atoms with E-state index in [4.69, 9.17) is 0 Å². The van der Waals surface area contributed by atoms with Gasteiger partial charge in [0.25, 0.3) is 0 Å². The summed E-state index contributed by atoms with van der Waals surface area (Å²) in [5.41, 5.74) is 0.334. The molecule has 0 aromatic heterocycles. The molecule has 0 saturated carbocycles. The van der Waals surface area contributed by atoms with E-state index in [0.717, 1.165) is 12.5 Å². The van der Waals surface area contributed by atoms with Crippen LogP contribution in [0.15, 0.2) is 0 Å². The highest BCUT2D eigenvalue weighted by molar-refractivity contribution is 4.99. The van der Waals surface area contributed by atoms with Crippen LogP contribution in [0.2, 0.25) is 0 Å². The Bertz CT molecular complexity index is 223. The van der Waals surface area contributed by atoms with Gasteiger partial charge in [0.05, 0.1) is 0 Å². The van der Waals surface area contributed by atoms with Gasteiger partial charge in [-0.2, -0.15) is 0 Å². The van der Waals surface area contributed by atoms with Gasteiger partial charge in [0.15, 0.2) is 0 Å². The maximum absolute atomic E-state index is 3.79. The summed E-state index contributed by atoms with van der Waals surface area (Å²) in [5.74, 6) is 0.764. The van der Waals surface area contributed by atoms with Crippen LogP contribution in [0.3, 0.4) is 0 Å². The molecule has 1 saturated heterocycles. The van der Waals surface area contributed by atoms with Crippen LogP contribution in [0.4, 0.5) is 0 Å². The second-order valence-corrected chi connectivity index (χ2v) is 6.21. The number of hydrogen-bond donors (Lipinski definition) is 1. The van der Waals surface area contributed by atoms with Crippen LogP contribution in [0.1, 0.15) is 66.7 Å². The van der Waals surface area contributed by atoms with Gasteiger partial charge in [0, 0.05) is 11.6 Å². The highest BCUT2D eigenvalue weighted by Gasteiger charge is 2.41. The van der Waals surface area contributed by atoms with Crippen LogP contribution < -0.4 is 5.32 Å². The van der Waals surface area contributed by atoms with Crippen LogP contribution in [0.25, 0.3) is 0 Å². The first-order chi connectivity index (χ1) is 8.60. The molecule has 1 aliphatic heterocycles. The summed E-state index contributed by atoms with van der Waals surface area (Å²) in [6.07, 6.45) is 6.65. The zero-order valence-electron chi connectivity index (χ0n) is 13.3. The van der Waals surface area contributed by atoms with Crippen LogP contribution >= 0.6 is 0 Å². The molecule has 1 N–H and O–H groups in total. The summed E-state index contributed by atoms with van der Waals surface area (Å²) < 4.78 is 0. The van der Waals surface area contributed by atoms with E-state index in [-0.39, 0.29) is 0 Å². The van der Waals surface area contributed by atoms with Gasteiger partial charge in [0.2, 0.25) is 0 Å². The van der Waals surface area contributed by atoms with Crippen molar-refractivity contribution in [3.63, 3.8) is 0 Å². The predicted molar refractivity (Wildman–Crippen MR) is 81.0 cm³/mol. The molecule has 0 aromatic rings. The van der Waals surface area contributed by atoms with Crippen LogP contribution in [0, 0.1) is 5.92 Å². The fourth-order valence-electron chi connectivity index (χ4n) is 3.74. The van der Waals surface area contributed by atoms with Gasteiger partial charge in [0.1, 0.15) is 0 Å². The number of nitrogens with one attached hydrogen (secondary N) is 1. The molecule has 0 aromatic carbocycles. The van der Waals surface area contributed by atoms with E-state index in [0.29, 0.717) is 11.6 Å². The second kappa shape index (κ2) is 7.49. The van der Waals surface area contributed by atoms with Gasteiger partial charge in [-0.05, 0) is 58.2 Å². The molecule has 0 spiro atoms. The van der Waals surface area contributed by atoms with Crippen molar-refractivity contribution in [2.75, 3.05) is 19.6 Å². The fourth-order valence-corrected chi connectivity index (χ4v) is 3.74. The molecule has 0 radical (unpaired) electrons. The Balaban J connectivity index is 2.83. The summed E-state index contributed by atoms with van der Waals surface area (Å²) in [4.78, 5) is 2.74. The van der Waals surface area contributed by atoms with Crippen LogP contribution in [-0.4, -0.2) is 36.1 Å². The van der Waals surface area contributed by atoms with Gasteiger partial charge in [-0.1, -0.05) is 34.1 Å². The van der Waals surface area contributed by atoms with E-state index < -0.39 is 0 Å². The van der Waals surface area contributed by atoms with Crippen molar-refractivity contribution in [2.45, 2.75) is 78.3 Å². The van der Waals surface area contributed by atoms with Gasteiger partial charge in [-0.25, -0.2) is 0 Å². The predicted octanol–water partition coefficient (Wildman–Crippen LogP) is 3.67. The van der Waals surface area contributed by atoms with E-state index in [1.54, 1.807) is 0 Å².